The molecule has 1 N–H and O–H groups in total. The van der Waals surface area contributed by atoms with E-state index in [9.17, 15) is 4.79 Å². The van der Waals surface area contributed by atoms with Crippen molar-refractivity contribution in [2.24, 2.45) is 5.92 Å². The van der Waals surface area contributed by atoms with Crippen LogP contribution in [0.15, 0.2) is 70.4 Å². The molecule has 0 atom stereocenters. The van der Waals surface area contributed by atoms with Crippen molar-refractivity contribution in [3.8, 4) is 17.1 Å². The number of amides is 1. The van der Waals surface area contributed by atoms with Crippen LogP contribution in [0, 0.1) is 5.92 Å². The maximum Gasteiger partial charge on any atom is 0.273 e. The van der Waals surface area contributed by atoms with E-state index in [1.807, 2.05) is 73.0 Å². The molecule has 164 valence electrons. The van der Waals surface area contributed by atoms with Gasteiger partial charge in [-0.2, -0.15) is 0 Å². The highest BCUT2D eigenvalue weighted by atomic mass is 35.5. The molecular weight excluding hydrogens is 446 g/mol. The summed E-state index contributed by atoms with van der Waals surface area (Å²) in [6.45, 7) is 4.65. The lowest BCUT2D eigenvalue weighted by Crippen LogP contribution is -2.27. The number of aromatic nitrogens is 4. The van der Waals surface area contributed by atoms with Crippen LogP contribution in [-0.4, -0.2) is 32.2 Å². The molecule has 0 spiro atoms. The Bertz CT molecular complexity index is 1210. The third-order valence-corrected chi connectivity index (χ3v) is 5.79. The van der Waals surface area contributed by atoms with Crippen molar-refractivity contribution in [1.82, 2.24) is 25.1 Å². The molecule has 2 heterocycles. The minimum absolute atomic E-state index is 0.243. The van der Waals surface area contributed by atoms with E-state index in [2.05, 4.69) is 20.5 Å². The maximum atomic E-state index is 12.2. The van der Waals surface area contributed by atoms with Gasteiger partial charge in [-0.25, -0.2) is 4.98 Å². The van der Waals surface area contributed by atoms with Crippen LogP contribution in [0.5, 0.6) is 0 Å². The minimum atomic E-state index is -0.243. The van der Waals surface area contributed by atoms with E-state index in [0.717, 1.165) is 11.3 Å². The number of carbonyl (C=O) groups is 1. The summed E-state index contributed by atoms with van der Waals surface area (Å²) in [5, 5.41) is 12.9. The van der Waals surface area contributed by atoms with Crippen molar-refractivity contribution in [2.75, 3.05) is 6.54 Å². The van der Waals surface area contributed by atoms with Crippen LogP contribution in [0.2, 0.25) is 5.02 Å². The molecule has 0 aliphatic rings. The summed E-state index contributed by atoms with van der Waals surface area (Å²) in [6.07, 6.45) is 1.38. The van der Waals surface area contributed by atoms with E-state index >= 15 is 0 Å². The quantitative estimate of drug-likeness (QED) is 0.356. The Labute approximate surface area is 195 Å². The first-order valence-electron chi connectivity index (χ1n) is 10.1. The zero-order valence-corrected chi connectivity index (χ0v) is 19.2. The molecule has 7 nitrogen and oxygen atoms in total. The fourth-order valence-corrected chi connectivity index (χ4v) is 4.01. The van der Waals surface area contributed by atoms with Crippen molar-refractivity contribution in [1.29, 1.82) is 0 Å². The predicted molar refractivity (Wildman–Crippen MR) is 125 cm³/mol. The van der Waals surface area contributed by atoms with Gasteiger partial charge in [0.2, 0.25) is 5.89 Å². The number of nitrogens with one attached hydrogen (secondary N) is 1. The smallest absolute Gasteiger partial charge is 0.273 e. The van der Waals surface area contributed by atoms with Crippen molar-refractivity contribution in [3.63, 3.8) is 0 Å². The molecule has 0 saturated heterocycles. The molecule has 0 aliphatic carbocycles. The molecule has 0 unspecified atom stereocenters. The van der Waals surface area contributed by atoms with E-state index in [1.54, 1.807) is 0 Å². The van der Waals surface area contributed by atoms with Gasteiger partial charge in [-0.05, 0) is 30.2 Å². The molecule has 0 bridgehead atoms. The van der Waals surface area contributed by atoms with Crippen LogP contribution in [0.3, 0.4) is 0 Å². The molecule has 4 rings (SSSR count). The topological polar surface area (TPSA) is 85.8 Å². The molecule has 0 aliphatic heterocycles. The van der Waals surface area contributed by atoms with E-state index in [-0.39, 0.29) is 11.6 Å². The van der Waals surface area contributed by atoms with Crippen LogP contribution in [0.1, 0.15) is 30.2 Å². The first kappa shape index (κ1) is 22.1. The summed E-state index contributed by atoms with van der Waals surface area (Å²) < 4.78 is 7.45. The largest absolute Gasteiger partial charge is 0.447 e. The summed E-state index contributed by atoms with van der Waals surface area (Å²) in [5.74, 6) is 1.59. The molecule has 2 aromatic carbocycles. The first-order chi connectivity index (χ1) is 15.5. The molecule has 0 saturated carbocycles. The summed E-state index contributed by atoms with van der Waals surface area (Å²) >= 11 is 7.85. The van der Waals surface area contributed by atoms with Crippen molar-refractivity contribution < 1.29 is 9.21 Å². The Balaban J connectivity index is 1.57. The Morgan fingerprint density at radius 2 is 1.88 bits per heavy atom. The fraction of sp³-hybridized carbons (Fsp3) is 0.217. The summed E-state index contributed by atoms with van der Waals surface area (Å²) in [5.41, 5.74) is 1.97. The van der Waals surface area contributed by atoms with Gasteiger partial charge in [0.05, 0.1) is 10.8 Å². The lowest BCUT2D eigenvalue weighted by atomic mass is 10.2. The van der Waals surface area contributed by atoms with Crippen molar-refractivity contribution in [3.05, 3.63) is 77.5 Å². The van der Waals surface area contributed by atoms with Gasteiger partial charge in [-0.3, -0.25) is 9.36 Å². The van der Waals surface area contributed by atoms with Crippen molar-refractivity contribution in [2.45, 2.75) is 24.8 Å². The molecule has 9 heteroatoms. The average Bonchev–Trinajstić information content (AvgIpc) is 3.44. The van der Waals surface area contributed by atoms with Crippen LogP contribution in [0.4, 0.5) is 0 Å². The first-order valence-corrected chi connectivity index (χ1v) is 11.5. The SMILES string of the molecule is CC(C)CNC(=O)c1coc(CSc2nnc(-c3ccccc3Cl)n2-c2ccccc2)n1. The lowest BCUT2D eigenvalue weighted by molar-refractivity contribution is 0.0944. The summed E-state index contributed by atoms with van der Waals surface area (Å²) in [6, 6.07) is 17.4. The standard InChI is InChI=1S/C23H22ClN5O2S/c1-15(2)12-25-22(30)19-13-31-20(26-19)14-32-23-28-27-21(17-10-6-7-11-18(17)24)29(23)16-8-4-3-5-9-16/h3-11,13,15H,12,14H2,1-2H3,(H,25,30). The molecule has 2 aromatic heterocycles. The number of rotatable bonds is 8. The number of carbonyl (C=O) groups excluding carboxylic acids is 1. The number of thioether (sulfide) groups is 1. The average molecular weight is 468 g/mol. The summed E-state index contributed by atoms with van der Waals surface area (Å²) in [7, 11) is 0. The highest BCUT2D eigenvalue weighted by Crippen LogP contribution is 2.32. The second kappa shape index (κ2) is 10.0. The Hall–Kier alpha value is -3.10. The van der Waals surface area contributed by atoms with Gasteiger partial charge in [0.1, 0.15) is 6.26 Å². The Morgan fingerprint density at radius 1 is 1.12 bits per heavy atom. The van der Waals surface area contributed by atoms with Gasteiger partial charge in [-0.15, -0.1) is 10.2 Å². The number of nitrogens with zero attached hydrogens (tertiary/aromatic N) is 4. The molecule has 0 radical (unpaired) electrons. The highest BCUT2D eigenvalue weighted by Gasteiger charge is 2.19. The maximum absolute atomic E-state index is 12.2. The number of oxazole rings is 1. The van der Waals surface area contributed by atoms with E-state index in [1.165, 1.54) is 18.0 Å². The van der Waals surface area contributed by atoms with Crippen LogP contribution >= 0.6 is 23.4 Å². The monoisotopic (exact) mass is 467 g/mol. The van der Waals surface area contributed by atoms with Gasteiger partial charge >= 0.3 is 0 Å². The predicted octanol–water partition coefficient (Wildman–Crippen LogP) is 5.25. The van der Waals surface area contributed by atoms with Crippen molar-refractivity contribution >= 4 is 29.3 Å². The van der Waals surface area contributed by atoms with E-state index in [4.69, 9.17) is 16.0 Å². The summed E-state index contributed by atoms with van der Waals surface area (Å²) in [4.78, 5) is 16.5. The number of para-hydroxylation sites is 1. The van der Waals surface area contributed by atoms with Gasteiger partial charge in [0.15, 0.2) is 16.7 Å². The lowest BCUT2D eigenvalue weighted by Gasteiger charge is -2.10. The number of hydrogen-bond donors (Lipinski definition) is 1. The normalized spacial score (nSPS) is 11.1. The highest BCUT2D eigenvalue weighted by molar-refractivity contribution is 7.98. The molecule has 1 amide bonds. The van der Waals surface area contributed by atoms with Gasteiger partial charge < -0.3 is 9.73 Å². The molecule has 0 fully saturated rings. The number of halogens is 1. The van der Waals surface area contributed by atoms with E-state index < -0.39 is 0 Å². The number of benzene rings is 2. The van der Waals surface area contributed by atoms with Gasteiger partial charge in [-0.1, -0.05) is 67.5 Å². The third kappa shape index (κ3) is 5.03. The minimum Gasteiger partial charge on any atom is -0.447 e. The Kier molecular flexibility index (Phi) is 6.92. The van der Waals surface area contributed by atoms with Crippen LogP contribution < -0.4 is 5.32 Å². The zero-order valence-electron chi connectivity index (χ0n) is 17.7. The second-order valence-corrected chi connectivity index (χ2v) is 8.83. The molecule has 4 aromatic rings. The zero-order chi connectivity index (χ0) is 22.5. The van der Waals surface area contributed by atoms with Crippen LogP contribution in [-0.2, 0) is 5.75 Å². The molecular formula is C23H22ClN5O2S. The fourth-order valence-electron chi connectivity index (χ4n) is 2.99. The molecule has 32 heavy (non-hydrogen) atoms. The third-order valence-electron chi connectivity index (χ3n) is 4.54. The van der Waals surface area contributed by atoms with E-state index in [0.29, 0.717) is 40.1 Å². The van der Waals surface area contributed by atoms with Crippen LogP contribution in [0.25, 0.3) is 17.1 Å². The van der Waals surface area contributed by atoms with Gasteiger partial charge in [0, 0.05) is 17.8 Å². The van der Waals surface area contributed by atoms with Gasteiger partial charge in [0.25, 0.3) is 5.91 Å². The second-order valence-electron chi connectivity index (χ2n) is 7.48. The Morgan fingerprint density at radius 3 is 2.62 bits per heavy atom. The number of hydrogen-bond acceptors (Lipinski definition) is 6.